The third-order valence-electron chi connectivity index (χ3n) is 6.95. The number of likely N-dealkylation sites (tertiary alicyclic amines) is 1. The fraction of sp³-hybridized carbons (Fsp3) is 0.727. The second kappa shape index (κ2) is 7.78. The number of aromatic amines is 1. The Morgan fingerprint density at radius 2 is 2.04 bits per heavy atom. The van der Waals surface area contributed by atoms with Gasteiger partial charge in [0.05, 0.1) is 0 Å². The number of pyridine rings is 1. The highest BCUT2D eigenvalue weighted by molar-refractivity contribution is 5.92. The summed E-state index contributed by atoms with van der Waals surface area (Å²) in [5, 5.41) is 0. The van der Waals surface area contributed by atoms with Crippen molar-refractivity contribution in [2.24, 2.45) is 17.8 Å². The summed E-state index contributed by atoms with van der Waals surface area (Å²) in [6.45, 7) is 7.52. The van der Waals surface area contributed by atoms with E-state index in [1.165, 1.54) is 51.1 Å². The Balaban J connectivity index is 1.55. The van der Waals surface area contributed by atoms with Crippen LogP contribution in [0.2, 0.25) is 0 Å². The van der Waals surface area contributed by atoms with Gasteiger partial charge in [-0.1, -0.05) is 26.3 Å². The fourth-order valence-electron chi connectivity index (χ4n) is 5.72. The summed E-state index contributed by atoms with van der Waals surface area (Å²) in [4.78, 5) is 32.3. The van der Waals surface area contributed by atoms with E-state index in [4.69, 9.17) is 0 Å². The molecule has 3 fully saturated rings. The van der Waals surface area contributed by atoms with Crippen LogP contribution < -0.4 is 5.56 Å². The van der Waals surface area contributed by atoms with Crippen LogP contribution in [0.25, 0.3) is 0 Å². The number of amides is 1. The maximum atomic E-state index is 13.1. The number of nitrogens with zero attached hydrogens (tertiary/aromatic N) is 2. The summed E-state index contributed by atoms with van der Waals surface area (Å²) in [5.74, 6) is 1.87. The van der Waals surface area contributed by atoms with Gasteiger partial charge in [-0.15, -0.1) is 0 Å². The number of hydrogen-bond donors (Lipinski definition) is 1. The number of rotatable bonds is 4. The maximum absolute atomic E-state index is 13.1. The molecule has 1 aromatic rings. The molecule has 0 spiro atoms. The average molecular weight is 372 g/mol. The fourth-order valence-corrected chi connectivity index (χ4v) is 5.72. The lowest BCUT2D eigenvalue weighted by molar-refractivity contribution is -0.0682. The largest absolute Gasteiger partial charge is 0.337 e. The SMILES string of the molecule is CC(C)CC[C@H]1[C@H]2C[C@H](CN(C(=O)c3cccc(=O)[nH]3)C2)[C@@H]2CCCCN21. The van der Waals surface area contributed by atoms with Crippen LogP contribution in [0.15, 0.2) is 23.0 Å². The van der Waals surface area contributed by atoms with Gasteiger partial charge in [0, 0.05) is 31.2 Å². The predicted octanol–water partition coefficient (Wildman–Crippen LogP) is 3.13. The van der Waals surface area contributed by atoms with Gasteiger partial charge in [0.15, 0.2) is 0 Å². The van der Waals surface area contributed by atoms with E-state index in [1.54, 1.807) is 12.1 Å². The lowest BCUT2D eigenvalue weighted by Crippen LogP contribution is -2.64. The van der Waals surface area contributed by atoms with Crippen molar-refractivity contribution in [2.75, 3.05) is 19.6 Å². The van der Waals surface area contributed by atoms with Gasteiger partial charge in [-0.25, -0.2) is 0 Å². The van der Waals surface area contributed by atoms with Crippen molar-refractivity contribution < 1.29 is 4.79 Å². The molecule has 27 heavy (non-hydrogen) atoms. The summed E-state index contributed by atoms with van der Waals surface area (Å²) in [6, 6.07) is 6.11. The van der Waals surface area contributed by atoms with E-state index in [-0.39, 0.29) is 11.5 Å². The van der Waals surface area contributed by atoms with Crippen molar-refractivity contribution in [1.29, 1.82) is 0 Å². The first-order valence-electron chi connectivity index (χ1n) is 10.8. The van der Waals surface area contributed by atoms with Gasteiger partial charge >= 0.3 is 0 Å². The zero-order valence-corrected chi connectivity index (χ0v) is 16.7. The summed E-state index contributed by atoms with van der Waals surface area (Å²) in [5.41, 5.74) is 0.230. The van der Waals surface area contributed by atoms with E-state index in [2.05, 4.69) is 23.7 Å². The number of carbonyl (C=O) groups excluding carboxylic acids is 1. The average Bonchev–Trinajstić information content (AvgIpc) is 2.67. The summed E-state index contributed by atoms with van der Waals surface area (Å²) in [6.07, 6.45) is 7.69. The Morgan fingerprint density at radius 3 is 2.81 bits per heavy atom. The Bertz CT molecular complexity index is 728. The molecule has 5 heteroatoms. The highest BCUT2D eigenvalue weighted by Gasteiger charge is 2.47. The molecule has 1 aromatic heterocycles. The third-order valence-corrected chi connectivity index (χ3v) is 6.95. The Labute approximate surface area is 162 Å². The highest BCUT2D eigenvalue weighted by Crippen LogP contribution is 2.42. The Hall–Kier alpha value is -1.62. The molecule has 3 aliphatic rings. The molecule has 5 nitrogen and oxygen atoms in total. The lowest BCUT2D eigenvalue weighted by Gasteiger charge is -2.57. The van der Waals surface area contributed by atoms with Crippen molar-refractivity contribution >= 4 is 5.91 Å². The van der Waals surface area contributed by atoms with Crippen LogP contribution in [0.4, 0.5) is 0 Å². The van der Waals surface area contributed by atoms with E-state index < -0.39 is 0 Å². The smallest absolute Gasteiger partial charge is 0.270 e. The van der Waals surface area contributed by atoms with E-state index in [9.17, 15) is 9.59 Å². The normalized spacial score (nSPS) is 31.0. The molecule has 2 bridgehead atoms. The monoisotopic (exact) mass is 371 g/mol. The molecule has 0 radical (unpaired) electrons. The standard InChI is InChI=1S/C22H33N3O2/c1-15(2)9-10-20-17-12-16(19-7-3-4-11-25(19)20)13-24(14-17)22(27)18-6-5-8-21(26)23-18/h5-6,8,15-17,19-20H,3-4,7,9-14H2,1-2H3,(H,23,26)/t16-,17+,19+,20+/m1/s1. The second-order valence-electron chi connectivity index (χ2n) is 9.23. The van der Waals surface area contributed by atoms with Crippen molar-refractivity contribution in [2.45, 2.75) is 64.5 Å². The number of H-pyrrole nitrogens is 1. The zero-order valence-electron chi connectivity index (χ0n) is 16.7. The van der Waals surface area contributed by atoms with Gasteiger partial charge in [-0.2, -0.15) is 0 Å². The molecule has 1 amide bonds. The lowest BCUT2D eigenvalue weighted by atomic mass is 9.71. The quantitative estimate of drug-likeness (QED) is 0.885. The number of hydrogen-bond acceptors (Lipinski definition) is 3. The summed E-state index contributed by atoms with van der Waals surface area (Å²) < 4.78 is 0. The maximum Gasteiger partial charge on any atom is 0.270 e. The first-order valence-corrected chi connectivity index (χ1v) is 10.8. The van der Waals surface area contributed by atoms with Gasteiger partial charge in [-0.3, -0.25) is 14.5 Å². The van der Waals surface area contributed by atoms with Crippen molar-refractivity contribution in [3.05, 3.63) is 34.2 Å². The van der Waals surface area contributed by atoms with Gasteiger partial charge in [0.1, 0.15) is 5.69 Å². The van der Waals surface area contributed by atoms with Crippen LogP contribution in [0, 0.1) is 17.8 Å². The van der Waals surface area contributed by atoms with Crippen molar-refractivity contribution in [3.8, 4) is 0 Å². The Kier molecular flexibility index (Phi) is 5.40. The molecule has 4 heterocycles. The molecule has 0 saturated carbocycles. The van der Waals surface area contributed by atoms with Gasteiger partial charge in [-0.05, 0) is 62.5 Å². The van der Waals surface area contributed by atoms with E-state index in [0.717, 1.165) is 19.0 Å². The first-order chi connectivity index (χ1) is 13.0. The van der Waals surface area contributed by atoms with E-state index in [0.29, 0.717) is 29.6 Å². The Morgan fingerprint density at radius 1 is 1.22 bits per heavy atom. The van der Waals surface area contributed by atoms with Crippen LogP contribution in [0.3, 0.4) is 0 Å². The second-order valence-corrected chi connectivity index (χ2v) is 9.23. The topological polar surface area (TPSA) is 56.4 Å². The van der Waals surface area contributed by atoms with Gasteiger partial charge in [0.25, 0.3) is 5.91 Å². The van der Waals surface area contributed by atoms with Crippen molar-refractivity contribution in [1.82, 2.24) is 14.8 Å². The minimum atomic E-state index is -0.202. The van der Waals surface area contributed by atoms with Crippen molar-refractivity contribution in [3.63, 3.8) is 0 Å². The molecule has 3 saturated heterocycles. The van der Waals surface area contributed by atoms with Crippen LogP contribution in [0.1, 0.15) is 62.9 Å². The molecule has 148 valence electrons. The van der Waals surface area contributed by atoms with Crippen LogP contribution in [-0.2, 0) is 0 Å². The van der Waals surface area contributed by atoms with Crippen LogP contribution >= 0.6 is 0 Å². The number of nitrogens with one attached hydrogen (secondary N) is 1. The molecule has 0 aliphatic carbocycles. The first kappa shape index (κ1) is 18.7. The number of piperidine rings is 3. The molecule has 3 aliphatic heterocycles. The third kappa shape index (κ3) is 3.84. The number of aromatic nitrogens is 1. The molecule has 0 aromatic carbocycles. The molecule has 0 unspecified atom stereocenters. The van der Waals surface area contributed by atoms with E-state index in [1.807, 2.05) is 4.90 Å². The summed E-state index contributed by atoms with van der Waals surface area (Å²) in [7, 11) is 0. The van der Waals surface area contributed by atoms with Gasteiger partial charge in [0.2, 0.25) is 5.56 Å². The minimum Gasteiger partial charge on any atom is -0.337 e. The molecular weight excluding hydrogens is 338 g/mol. The number of carbonyl (C=O) groups is 1. The predicted molar refractivity (Wildman–Crippen MR) is 107 cm³/mol. The number of fused-ring (bicyclic) bond motifs is 4. The highest BCUT2D eigenvalue weighted by atomic mass is 16.2. The summed E-state index contributed by atoms with van der Waals surface area (Å²) >= 11 is 0. The van der Waals surface area contributed by atoms with Gasteiger partial charge < -0.3 is 9.88 Å². The molecule has 4 atom stereocenters. The zero-order chi connectivity index (χ0) is 19.0. The van der Waals surface area contributed by atoms with Crippen LogP contribution in [-0.4, -0.2) is 52.4 Å². The molecule has 4 rings (SSSR count). The van der Waals surface area contributed by atoms with Crippen LogP contribution in [0.5, 0.6) is 0 Å². The van der Waals surface area contributed by atoms with E-state index >= 15 is 0 Å². The molecule has 1 N–H and O–H groups in total. The minimum absolute atomic E-state index is 0.00531. The molecular formula is C22H33N3O2.